The van der Waals surface area contributed by atoms with Gasteiger partial charge >= 0.3 is 0 Å². The summed E-state index contributed by atoms with van der Waals surface area (Å²) in [6.07, 6.45) is 0. The van der Waals surface area contributed by atoms with Crippen molar-refractivity contribution < 1.29 is 4.39 Å². The minimum absolute atomic E-state index is 0.347. The standard InChI is InChI=1S/C12H13FN2S/c1-9-8-15(4-5-16-9)12-3-2-11(13)6-10(12)7-14/h2-3,6,9H,4-5,8H2,1H3. The van der Waals surface area contributed by atoms with Crippen LogP contribution in [0.25, 0.3) is 0 Å². The second-order valence-corrected chi connectivity index (χ2v) is 5.45. The first-order valence-corrected chi connectivity index (χ1v) is 6.32. The summed E-state index contributed by atoms with van der Waals surface area (Å²) in [6.45, 7) is 4.02. The number of rotatable bonds is 1. The number of nitrogens with zero attached hydrogens (tertiary/aromatic N) is 2. The number of anilines is 1. The Kier molecular flexibility index (Phi) is 3.35. The minimum atomic E-state index is -0.347. The minimum Gasteiger partial charge on any atom is -0.369 e. The summed E-state index contributed by atoms with van der Waals surface area (Å²) in [4.78, 5) is 2.17. The first-order chi connectivity index (χ1) is 7.70. The van der Waals surface area contributed by atoms with Crippen molar-refractivity contribution in [3.63, 3.8) is 0 Å². The van der Waals surface area contributed by atoms with E-state index in [1.165, 1.54) is 12.1 Å². The highest BCUT2D eigenvalue weighted by molar-refractivity contribution is 8.00. The van der Waals surface area contributed by atoms with Gasteiger partial charge in [0.15, 0.2) is 0 Å². The van der Waals surface area contributed by atoms with Crippen molar-refractivity contribution in [2.45, 2.75) is 12.2 Å². The molecule has 84 valence electrons. The van der Waals surface area contributed by atoms with Crippen molar-refractivity contribution in [3.8, 4) is 6.07 Å². The Labute approximate surface area is 99.1 Å². The summed E-state index contributed by atoms with van der Waals surface area (Å²) >= 11 is 1.93. The van der Waals surface area contributed by atoms with E-state index < -0.39 is 0 Å². The molecule has 0 aromatic heterocycles. The average Bonchev–Trinajstić information content (AvgIpc) is 2.28. The van der Waals surface area contributed by atoms with Gasteiger partial charge in [0, 0.05) is 24.1 Å². The molecule has 1 heterocycles. The van der Waals surface area contributed by atoms with Gasteiger partial charge in [-0.25, -0.2) is 4.39 Å². The van der Waals surface area contributed by atoms with Crippen LogP contribution in [-0.2, 0) is 0 Å². The molecule has 4 heteroatoms. The summed E-state index contributed by atoms with van der Waals surface area (Å²) in [7, 11) is 0. The Balaban J connectivity index is 2.29. The molecule has 1 aromatic rings. The van der Waals surface area contributed by atoms with E-state index in [1.807, 2.05) is 11.8 Å². The van der Waals surface area contributed by atoms with Crippen molar-refractivity contribution in [1.82, 2.24) is 0 Å². The average molecular weight is 236 g/mol. The number of benzene rings is 1. The SMILES string of the molecule is CC1CN(c2ccc(F)cc2C#N)CCS1. The molecule has 16 heavy (non-hydrogen) atoms. The van der Waals surface area contributed by atoms with Crippen LogP contribution in [0.1, 0.15) is 12.5 Å². The molecular weight excluding hydrogens is 223 g/mol. The molecule has 1 atom stereocenters. The Bertz CT molecular complexity index is 428. The van der Waals surface area contributed by atoms with Crippen molar-refractivity contribution in [2.75, 3.05) is 23.7 Å². The quantitative estimate of drug-likeness (QED) is 0.750. The number of thioether (sulfide) groups is 1. The van der Waals surface area contributed by atoms with Crippen LogP contribution in [0.15, 0.2) is 18.2 Å². The molecule has 0 saturated carbocycles. The number of hydrogen-bond donors (Lipinski definition) is 0. The van der Waals surface area contributed by atoms with Crippen LogP contribution in [0.4, 0.5) is 10.1 Å². The molecule has 2 rings (SSSR count). The van der Waals surface area contributed by atoms with E-state index in [4.69, 9.17) is 5.26 Å². The van der Waals surface area contributed by atoms with E-state index in [2.05, 4.69) is 17.9 Å². The van der Waals surface area contributed by atoms with Gasteiger partial charge < -0.3 is 4.90 Å². The summed E-state index contributed by atoms with van der Waals surface area (Å²) < 4.78 is 13.0. The van der Waals surface area contributed by atoms with Crippen molar-refractivity contribution >= 4 is 17.4 Å². The van der Waals surface area contributed by atoms with Crippen LogP contribution >= 0.6 is 11.8 Å². The predicted octanol–water partition coefficient (Wildman–Crippen LogP) is 2.64. The van der Waals surface area contributed by atoms with E-state index >= 15 is 0 Å². The highest BCUT2D eigenvalue weighted by Crippen LogP contribution is 2.26. The summed E-state index contributed by atoms with van der Waals surface area (Å²) in [5.74, 6) is 0.711. The first kappa shape index (κ1) is 11.3. The smallest absolute Gasteiger partial charge is 0.124 e. The lowest BCUT2D eigenvalue weighted by molar-refractivity contribution is 0.626. The number of hydrogen-bond acceptors (Lipinski definition) is 3. The van der Waals surface area contributed by atoms with E-state index in [-0.39, 0.29) is 5.82 Å². The van der Waals surface area contributed by atoms with E-state index in [9.17, 15) is 4.39 Å². The normalized spacial score (nSPS) is 20.6. The van der Waals surface area contributed by atoms with Gasteiger partial charge in [-0.05, 0) is 18.2 Å². The zero-order valence-corrected chi connectivity index (χ0v) is 9.93. The third kappa shape index (κ3) is 2.30. The lowest BCUT2D eigenvalue weighted by Crippen LogP contribution is -2.37. The summed E-state index contributed by atoms with van der Waals surface area (Å²) in [5, 5.41) is 9.55. The molecule has 1 aromatic carbocycles. The second-order valence-electron chi connectivity index (χ2n) is 3.90. The number of nitriles is 1. The van der Waals surface area contributed by atoms with Crippen LogP contribution in [0.3, 0.4) is 0 Å². The highest BCUT2D eigenvalue weighted by atomic mass is 32.2. The van der Waals surface area contributed by atoms with E-state index in [0.29, 0.717) is 10.8 Å². The van der Waals surface area contributed by atoms with Crippen molar-refractivity contribution in [2.24, 2.45) is 0 Å². The molecule has 1 aliphatic rings. The lowest BCUT2D eigenvalue weighted by atomic mass is 10.1. The third-order valence-electron chi connectivity index (χ3n) is 2.66. The van der Waals surface area contributed by atoms with Gasteiger partial charge in [-0.1, -0.05) is 6.92 Å². The van der Waals surface area contributed by atoms with E-state index in [0.717, 1.165) is 24.5 Å². The van der Waals surface area contributed by atoms with Gasteiger partial charge in [-0.15, -0.1) is 0 Å². The molecule has 0 amide bonds. The molecule has 1 fully saturated rings. The third-order valence-corrected chi connectivity index (χ3v) is 3.80. The maximum atomic E-state index is 13.0. The van der Waals surface area contributed by atoms with Crippen LogP contribution in [-0.4, -0.2) is 24.1 Å². The van der Waals surface area contributed by atoms with Crippen LogP contribution in [0, 0.1) is 17.1 Å². The van der Waals surface area contributed by atoms with Gasteiger partial charge in [-0.2, -0.15) is 17.0 Å². The molecule has 0 N–H and O–H groups in total. The summed E-state index contributed by atoms with van der Waals surface area (Å²) in [5.41, 5.74) is 1.29. The Morgan fingerprint density at radius 3 is 3.06 bits per heavy atom. The molecule has 1 aliphatic heterocycles. The maximum Gasteiger partial charge on any atom is 0.124 e. The zero-order valence-electron chi connectivity index (χ0n) is 9.11. The monoisotopic (exact) mass is 236 g/mol. The second kappa shape index (κ2) is 4.75. The highest BCUT2D eigenvalue weighted by Gasteiger charge is 2.19. The predicted molar refractivity (Wildman–Crippen MR) is 65.2 cm³/mol. The molecule has 0 radical (unpaired) electrons. The van der Waals surface area contributed by atoms with Gasteiger partial charge in [0.25, 0.3) is 0 Å². The fourth-order valence-corrected chi connectivity index (χ4v) is 2.92. The molecule has 0 aliphatic carbocycles. The van der Waals surface area contributed by atoms with Crippen LogP contribution < -0.4 is 4.90 Å². The lowest BCUT2D eigenvalue weighted by Gasteiger charge is -2.32. The zero-order chi connectivity index (χ0) is 11.5. The van der Waals surface area contributed by atoms with Crippen molar-refractivity contribution in [1.29, 1.82) is 5.26 Å². The maximum absolute atomic E-state index is 13.0. The molecule has 1 saturated heterocycles. The Morgan fingerprint density at radius 2 is 2.38 bits per heavy atom. The van der Waals surface area contributed by atoms with Crippen molar-refractivity contribution in [3.05, 3.63) is 29.6 Å². The van der Waals surface area contributed by atoms with Gasteiger partial charge in [0.2, 0.25) is 0 Å². The molecule has 2 nitrogen and oxygen atoms in total. The largest absolute Gasteiger partial charge is 0.369 e. The Hall–Kier alpha value is -1.21. The fourth-order valence-electron chi connectivity index (χ4n) is 1.91. The van der Waals surface area contributed by atoms with Gasteiger partial charge in [0.05, 0.1) is 11.3 Å². The number of halogens is 1. The van der Waals surface area contributed by atoms with Crippen LogP contribution in [0.5, 0.6) is 0 Å². The topological polar surface area (TPSA) is 27.0 Å². The van der Waals surface area contributed by atoms with E-state index in [1.54, 1.807) is 6.07 Å². The van der Waals surface area contributed by atoms with Gasteiger partial charge in [0.1, 0.15) is 11.9 Å². The molecule has 0 bridgehead atoms. The van der Waals surface area contributed by atoms with Crippen LogP contribution in [0.2, 0.25) is 0 Å². The summed E-state index contributed by atoms with van der Waals surface area (Å²) in [6, 6.07) is 6.49. The first-order valence-electron chi connectivity index (χ1n) is 5.27. The fraction of sp³-hybridized carbons (Fsp3) is 0.417. The molecule has 1 unspecified atom stereocenters. The molecule has 0 spiro atoms. The Morgan fingerprint density at radius 1 is 1.56 bits per heavy atom. The van der Waals surface area contributed by atoms with Gasteiger partial charge in [-0.3, -0.25) is 0 Å². The molecular formula is C12H13FN2S.